The Kier molecular flexibility index (Phi) is 6.67. The highest BCUT2D eigenvalue weighted by Crippen LogP contribution is 2.50. The molecule has 1 heterocycles. The number of ether oxygens (including phenoxy) is 1. The van der Waals surface area contributed by atoms with Gasteiger partial charge in [-0.2, -0.15) is 0 Å². The number of esters is 1. The lowest BCUT2D eigenvalue weighted by molar-refractivity contribution is 0.00692. The molecule has 6 heteroatoms. The smallest absolute Gasteiger partial charge is 0.338 e. The van der Waals surface area contributed by atoms with Crippen molar-refractivity contribution in [3.63, 3.8) is 0 Å². The van der Waals surface area contributed by atoms with Crippen LogP contribution in [-0.4, -0.2) is 30.2 Å². The molecule has 0 bridgehead atoms. The Morgan fingerprint density at radius 3 is 1.95 bits per heavy atom. The van der Waals surface area contributed by atoms with E-state index >= 15 is 0 Å². The number of carbonyl (C=O) groups is 3. The SMILES string of the molecule is CN1/C(=C(\C(=O)c2ccccc2)C(=O)c2ccc(C(=O)OC(C)(C)C)cc2)Sc2ccc3ccccc3c21. The van der Waals surface area contributed by atoms with Crippen LogP contribution >= 0.6 is 11.8 Å². The van der Waals surface area contributed by atoms with Crippen molar-refractivity contribution < 1.29 is 19.1 Å². The third-order valence-corrected chi connectivity index (χ3v) is 7.42. The van der Waals surface area contributed by atoms with Gasteiger partial charge in [-0.05, 0) is 44.4 Å². The zero-order valence-corrected chi connectivity index (χ0v) is 22.5. The van der Waals surface area contributed by atoms with Crippen LogP contribution in [0.5, 0.6) is 0 Å². The number of thioether (sulfide) groups is 1. The van der Waals surface area contributed by atoms with Gasteiger partial charge in [-0.15, -0.1) is 0 Å². The molecule has 0 saturated heterocycles. The van der Waals surface area contributed by atoms with Gasteiger partial charge in [0.15, 0.2) is 11.6 Å². The monoisotopic (exact) mass is 521 g/mol. The van der Waals surface area contributed by atoms with Gasteiger partial charge in [0.25, 0.3) is 0 Å². The van der Waals surface area contributed by atoms with Gasteiger partial charge in [-0.3, -0.25) is 9.59 Å². The Hall–Kier alpha value is -4.16. The summed E-state index contributed by atoms with van der Waals surface area (Å²) in [6.07, 6.45) is 0. The highest BCUT2D eigenvalue weighted by atomic mass is 32.2. The van der Waals surface area contributed by atoms with Crippen LogP contribution in [0, 0.1) is 0 Å². The molecule has 1 aliphatic heterocycles. The Labute approximate surface area is 226 Å². The first-order valence-corrected chi connectivity index (χ1v) is 13.1. The Bertz CT molecular complexity index is 1600. The van der Waals surface area contributed by atoms with E-state index in [-0.39, 0.29) is 11.4 Å². The predicted molar refractivity (Wildman–Crippen MR) is 152 cm³/mol. The lowest BCUT2D eigenvalue weighted by Crippen LogP contribution is -2.24. The highest BCUT2D eigenvalue weighted by molar-refractivity contribution is 8.03. The lowest BCUT2D eigenvalue weighted by Gasteiger charge is -2.20. The standard InChI is InChI=1S/C32H27NO4S/c1-32(2,3)37-31(36)23-16-14-22(15-17-23)29(35)26(28(34)21-11-6-5-7-12-21)30-33(4)27-24-13-9-8-10-20(24)18-19-25(27)38-30/h5-19H,1-4H3/b30-26-. The fraction of sp³-hybridized carbons (Fsp3) is 0.156. The summed E-state index contributed by atoms with van der Waals surface area (Å²) in [7, 11) is 1.89. The second-order valence-electron chi connectivity index (χ2n) is 10.1. The summed E-state index contributed by atoms with van der Waals surface area (Å²) in [5, 5.41) is 2.71. The van der Waals surface area contributed by atoms with E-state index in [1.165, 1.54) is 11.8 Å². The third kappa shape index (κ3) is 4.87. The number of benzene rings is 4. The maximum atomic E-state index is 14.0. The van der Waals surface area contributed by atoms with Gasteiger partial charge in [0, 0.05) is 28.5 Å². The van der Waals surface area contributed by atoms with Gasteiger partial charge in [0.05, 0.1) is 16.3 Å². The molecule has 0 N–H and O–H groups in total. The number of fused-ring (bicyclic) bond motifs is 3. The molecule has 5 rings (SSSR count). The zero-order valence-electron chi connectivity index (χ0n) is 21.6. The molecule has 5 nitrogen and oxygen atoms in total. The zero-order chi connectivity index (χ0) is 27.0. The van der Waals surface area contributed by atoms with Gasteiger partial charge < -0.3 is 9.64 Å². The molecule has 38 heavy (non-hydrogen) atoms. The molecule has 0 saturated carbocycles. The summed E-state index contributed by atoms with van der Waals surface area (Å²) in [6.45, 7) is 5.40. The van der Waals surface area contributed by atoms with Crippen LogP contribution in [0.1, 0.15) is 51.8 Å². The minimum atomic E-state index is -0.630. The molecule has 0 unspecified atom stereocenters. The van der Waals surface area contributed by atoms with E-state index < -0.39 is 17.4 Å². The lowest BCUT2D eigenvalue weighted by atomic mass is 9.95. The van der Waals surface area contributed by atoms with Gasteiger partial charge >= 0.3 is 5.97 Å². The van der Waals surface area contributed by atoms with Crippen molar-refractivity contribution in [2.75, 3.05) is 11.9 Å². The van der Waals surface area contributed by atoms with Crippen molar-refractivity contribution in [2.24, 2.45) is 0 Å². The third-order valence-electron chi connectivity index (χ3n) is 6.20. The van der Waals surface area contributed by atoms with Crippen LogP contribution in [0.4, 0.5) is 5.69 Å². The average molecular weight is 522 g/mol. The van der Waals surface area contributed by atoms with Crippen LogP contribution in [0.15, 0.2) is 106 Å². The predicted octanol–water partition coefficient (Wildman–Crippen LogP) is 7.31. The van der Waals surface area contributed by atoms with Gasteiger partial charge in [0.2, 0.25) is 0 Å². The molecule has 0 fully saturated rings. The first kappa shape index (κ1) is 25.5. The van der Waals surface area contributed by atoms with Crippen LogP contribution in [-0.2, 0) is 4.74 Å². The first-order valence-electron chi connectivity index (χ1n) is 12.3. The molecular formula is C32H27NO4S. The number of carbonyl (C=O) groups excluding carboxylic acids is 3. The number of hydrogen-bond acceptors (Lipinski definition) is 6. The normalized spacial score (nSPS) is 14.3. The average Bonchev–Trinajstić information content (AvgIpc) is 3.24. The van der Waals surface area contributed by atoms with Crippen molar-refractivity contribution in [1.82, 2.24) is 0 Å². The number of rotatable bonds is 5. The summed E-state index contributed by atoms with van der Waals surface area (Å²) in [5.41, 5.74) is 1.52. The summed E-state index contributed by atoms with van der Waals surface area (Å²) in [6, 6.07) is 27.2. The van der Waals surface area contributed by atoms with E-state index in [2.05, 4.69) is 0 Å². The minimum Gasteiger partial charge on any atom is -0.456 e. The number of nitrogens with zero attached hydrogens (tertiary/aromatic N) is 1. The maximum Gasteiger partial charge on any atom is 0.338 e. The molecule has 1 aliphatic rings. The Morgan fingerprint density at radius 1 is 0.711 bits per heavy atom. The van der Waals surface area contributed by atoms with Crippen molar-refractivity contribution in [3.05, 3.63) is 118 Å². The highest BCUT2D eigenvalue weighted by Gasteiger charge is 2.34. The minimum absolute atomic E-state index is 0.0917. The Balaban J connectivity index is 1.59. The number of anilines is 1. The number of Topliss-reactive ketones (excluding diaryl/α,β-unsaturated/α-hetero) is 2. The maximum absolute atomic E-state index is 14.0. The van der Waals surface area contributed by atoms with Crippen molar-refractivity contribution in [1.29, 1.82) is 0 Å². The van der Waals surface area contributed by atoms with Crippen LogP contribution in [0.2, 0.25) is 0 Å². The molecule has 0 atom stereocenters. The van der Waals surface area contributed by atoms with E-state index in [1.807, 2.05) is 54.4 Å². The van der Waals surface area contributed by atoms with Crippen LogP contribution in [0.3, 0.4) is 0 Å². The molecule has 4 aromatic rings. The Morgan fingerprint density at radius 2 is 1.29 bits per heavy atom. The largest absolute Gasteiger partial charge is 0.456 e. The van der Waals surface area contributed by atoms with E-state index in [4.69, 9.17) is 4.74 Å². The van der Waals surface area contributed by atoms with Gasteiger partial charge in [-0.25, -0.2) is 4.79 Å². The van der Waals surface area contributed by atoms with Crippen molar-refractivity contribution >= 4 is 45.8 Å². The summed E-state index contributed by atoms with van der Waals surface area (Å²) in [4.78, 5) is 43.2. The van der Waals surface area contributed by atoms with Crippen LogP contribution < -0.4 is 4.90 Å². The number of allylic oxidation sites excluding steroid dienone is 1. The van der Waals surface area contributed by atoms with E-state index in [1.54, 1.807) is 69.3 Å². The quantitative estimate of drug-likeness (QED) is 0.0902. The molecule has 190 valence electrons. The molecule has 0 radical (unpaired) electrons. The van der Waals surface area contributed by atoms with Crippen molar-refractivity contribution in [2.45, 2.75) is 31.3 Å². The summed E-state index contributed by atoms with van der Waals surface area (Å²) >= 11 is 1.42. The van der Waals surface area contributed by atoms with E-state index in [0.717, 1.165) is 21.4 Å². The second kappa shape index (κ2) is 9.95. The van der Waals surface area contributed by atoms with E-state index in [0.29, 0.717) is 21.7 Å². The van der Waals surface area contributed by atoms with Gasteiger partial charge in [0.1, 0.15) is 11.2 Å². The fourth-order valence-electron chi connectivity index (χ4n) is 4.43. The summed E-state index contributed by atoms with van der Waals surface area (Å²) in [5.74, 6) is -1.22. The molecule has 0 aromatic heterocycles. The number of ketones is 2. The molecular weight excluding hydrogens is 494 g/mol. The number of hydrogen-bond donors (Lipinski definition) is 0. The topological polar surface area (TPSA) is 63.7 Å². The van der Waals surface area contributed by atoms with Gasteiger partial charge in [-0.1, -0.05) is 84.6 Å². The second-order valence-corrected chi connectivity index (χ2v) is 11.1. The van der Waals surface area contributed by atoms with E-state index in [9.17, 15) is 14.4 Å². The first-order chi connectivity index (χ1) is 18.1. The molecule has 0 spiro atoms. The fourth-order valence-corrected chi connectivity index (χ4v) is 5.63. The molecule has 4 aromatic carbocycles. The molecule has 0 amide bonds. The molecule has 0 aliphatic carbocycles. The van der Waals surface area contributed by atoms with Crippen LogP contribution in [0.25, 0.3) is 10.8 Å². The van der Waals surface area contributed by atoms with Crippen molar-refractivity contribution in [3.8, 4) is 0 Å². The summed E-state index contributed by atoms with van der Waals surface area (Å²) < 4.78 is 5.44.